The van der Waals surface area contributed by atoms with Crippen molar-refractivity contribution in [3.05, 3.63) is 23.8 Å². The number of carbonyl (C=O) groups is 1. The largest absolute Gasteiger partial charge is 0.295 e. The van der Waals surface area contributed by atoms with E-state index in [1.807, 2.05) is 0 Å². The van der Waals surface area contributed by atoms with Gasteiger partial charge in [0.25, 0.3) is 0 Å². The second kappa shape index (κ2) is 8.27. The minimum atomic E-state index is 0.150. The van der Waals surface area contributed by atoms with Gasteiger partial charge in [0, 0.05) is 0 Å². The summed E-state index contributed by atoms with van der Waals surface area (Å²) in [6.45, 7) is 10.3. The molecular formula is C16H28O. The van der Waals surface area contributed by atoms with Gasteiger partial charge in [-0.25, -0.2) is 0 Å². The third-order valence-corrected chi connectivity index (χ3v) is 3.32. The molecule has 98 valence electrons. The molecule has 0 spiro atoms. The van der Waals surface area contributed by atoms with Crippen molar-refractivity contribution in [2.24, 2.45) is 5.41 Å². The average Bonchev–Trinajstić information content (AvgIpc) is 2.28. The summed E-state index contributed by atoms with van der Waals surface area (Å²) in [6.07, 6.45) is 12.0. The van der Waals surface area contributed by atoms with E-state index in [0.29, 0.717) is 0 Å². The van der Waals surface area contributed by atoms with E-state index in [1.165, 1.54) is 24.8 Å². The van der Waals surface area contributed by atoms with Crippen LogP contribution >= 0.6 is 0 Å². The van der Waals surface area contributed by atoms with E-state index in [1.54, 1.807) is 13.0 Å². The van der Waals surface area contributed by atoms with E-state index in [-0.39, 0.29) is 11.2 Å². The number of hydrogen-bond donors (Lipinski definition) is 0. The molecule has 0 amide bonds. The van der Waals surface area contributed by atoms with Crippen LogP contribution in [0.5, 0.6) is 0 Å². The standard InChI is InChI=1S/C16H28O/c1-6-8-11-16(7-2,12-9-14(3)4)13-10-15(5)17/h9-10,13H,6-8,11-12H2,1-5H3/b13-10+. The predicted molar refractivity (Wildman–Crippen MR) is 76.1 cm³/mol. The molecule has 0 rings (SSSR count). The minimum Gasteiger partial charge on any atom is -0.295 e. The summed E-state index contributed by atoms with van der Waals surface area (Å²) in [5.41, 5.74) is 1.54. The topological polar surface area (TPSA) is 17.1 Å². The van der Waals surface area contributed by atoms with Crippen molar-refractivity contribution >= 4 is 5.78 Å². The zero-order chi connectivity index (χ0) is 13.3. The van der Waals surface area contributed by atoms with Gasteiger partial charge in [0.2, 0.25) is 0 Å². The molecule has 0 radical (unpaired) electrons. The Morgan fingerprint density at radius 2 is 1.82 bits per heavy atom. The first-order chi connectivity index (χ1) is 7.95. The van der Waals surface area contributed by atoms with E-state index in [4.69, 9.17) is 0 Å². The van der Waals surface area contributed by atoms with Crippen molar-refractivity contribution in [1.29, 1.82) is 0 Å². The van der Waals surface area contributed by atoms with Gasteiger partial charge in [0.15, 0.2) is 5.78 Å². The lowest BCUT2D eigenvalue weighted by atomic mass is 9.76. The summed E-state index contributed by atoms with van der Waals surface area (Å²) in [5, 5.41) is 0. The van der Waals surface area contributed by atoms with E-state index < -0.39 is 0 Å². The smallest absolute Gasteiger partial charge is 0.152 e. The van der Waals surface area contributed by atoms with Gasteiger partial charge < -0.3 is 0 Å². The van der Waals surface area contributed by atoms with Gasteiger partial charge in [-0.15, -0.1) is 0 Å². The van der Waals surface area contributed by atoms with Crippen molar-refractivity contribution in [3.63, 3.8) is 0 Å². The number of hydrogen-bond acceptors (Lipinski definition) is 1. The first kappa shape index (κ1) is 16.1. The maximum Gasteiger partial charge on any atom is 0.152 e. The van der Waals surface area contributed by atoms with Gasteiger partial charge in [0.05, 0.1) is 0 Å². The van der Waals surface area contributed by atoms with Gasteiger partial charge in [-0.05, 0) is 51.5 Å². The number of allylic oxidation sites excluding steroid dienone is 4. The van der Waals surface area contributed by atoms with Crippen molar-refractivity contribution in [2.45, 2.75) is 66.7 Å². The molecule has 0 fully saturated rings. The molecular weight excluding hydrogens is 208 g/mol. The number of rotatable bonds is 8. The second-order valence-corrected chi connectivity index (χ2v) is 5.25. The zero-order valence-electron chi connectivity index (χ0n) is 12.2. The van der Waals surface area contributed by atoms with Crippen LogP contribution < -0.4 is 0 Å². The fraction of sp³-hybridized carbons (Fsp3) is 0.688. The first-order valence-corrected chi connectivity index (χ1v) is 6.79. The van der Waals surface area contributed by atoms with Gasteiger partial charge in [-0.1, -0.05) is 44.4 Å². The van der Waals surface area contributed by atoms with Crippen LogP contribution in [-0.4, -0.2) is 5.78 Å². The lowest BCUT2D eigenvalue weighted by Gasteiger charge is -2.28. The van der Waals surface area contributed by atoms with Crippen LogP contribution in [-0.2, 0) is 4.79 Å². The lowest BCUT2D eigenvalue weighted by molar-refractivity contribution is -0.112. The van der Waals surface area contributed by atoms with Crippen molar-refractivity contribution in [2.75, 3.05) is 0 Å². The molecule has 1 unspecified atom stereocenters. The van der Waals surface area contributed by atoms with E-state index >= 15 is 0 Å². The average molecular weight is 236 g/mol. The third-order valence-electron chi connectivity index (χ3n) is 3.32. The lowest BCUT2D eigenvalue weighted by Crippen LogP contribution is -2.16. The molecule has 1 heteroatoms. The molecule has 17 heavy (non-hydrogen) atoms. The number of carbonyl (C=O) groups excluding carboxylic acids is 1. The maximum atomic E-state index is 11.1. The van der Waals surface area contributed by atoms with Crippen LogP contribution in [0.15, 0.2) is 23.8 Å². The highest BCUT2D eigenvalue weighted by molar-refractivity contribution is 5.87. The maximum absolute atomic E-state index is 11.1. The fourth-order valence-electron chi connectivity index (χ4n) is 1.92. The van der Waals surface area contributed by atoms with Gasteiger partial charge in [0.1, 0.15) is 0 Å². The third kappa shape index (κ3) is 7.14. The van der Waals surface area contributed by atoms with Crippen molar-refractivity contribution in [1.82, 2.24) is 0 Å². The Morgan fingerprint density at radius 1 is 1.18 bits per heavy atom. The summed E-state index contributed by atoms with van der Waals surface area (Å²) in [5.74, 6) is 0.150. The molecule has 0 saturated heterocycles. The molecule has 1 atom stereocenters. The Morgan fingerprint density at radius 3 is 2.24 bits per heavy atom. The quantitative estimate of drug-likeness (QED) is 0.424. The molecule has 0 heterocycles. The Hall–Kier alpha value is -0.850. The fourth-order valence-corrected chi connectivity index (χ4v) is 1.92. The van der Waals surface area contributed by atoms with Crippen LogP contribution in [0.3, 0.4) is 0 Å². The molecule has 0 aromatic rings. The minimum absolute atomic E-state index is 0.150. The molecule has 0 aromatic heterocycles. The predicted octanol–water partition coefficient (Wildman–Crippen LogP) is 5.07. The van der Waals surface area contributed by atoms with Crippen LogP contribution in [0.1, 0.15) is 66.7 Å². The summed E-state index contributed by atoms with van der Waals surface area (Å²) < 4.78 is 0. The highest BCUT2D eigenvalue weighted by atomic mass is 16.1. The molecule has 0 aromatic carbocycles. The molecule has 0 aliphatic carbocycles. The van der Waals surface area contributed by atoms with Gasteiger partial charge in [-0.2, -0.15) is 0 Å². The highest BCUT2D eigenvalue weighted by Crippen LogP contribution is 2.35. The van der Waals surface area contributed by atoms with Gasteiger partial charge >= 0.3 is 0 Å². The summed E-state index contributed by atoms with van der Waals surface area (Å²) in [4.78, 5) is 11.1. The van der Waals surface area contributed by atoms with E-state index in [0.717, 1.165) is 12.8 Å². The first-order valence-electron chi connectivity index (χ1n) is 6.79. The highest BCUT2D eigenvalue weighted by Gasteiger charge is 2.23. The Labute approximate surface area is 107 Å². The Balaban J connectivity index is 4.85. The van der Waals surface area contributed by atoms with E-state index in [2.05, 4.69) is 39.8 Å². The second-order valence-electron chi connectivity index (χ2n) is 5.25. The Kier molecular flexibility index (Phi) is 7.86. The Bertz CT molecular complexity index is 282. The molecule has 0 saturated carbocycles. The van der Waals surface area contributed by atoms with Crippen LogP contribution in [0.4, 0.5) is 0 Å². The summed E-state index contributed by atoms with van der Waals surface area (Å²) in [6, 6.07) is 0. The van der Waals surface area contributed by atoms with Crippen LogP contribution in [0, 0.1) is 5.41 Å². The van der Waals surface area contributed by atoms with Crippen LogP contribution in [0.25, 0.3) is 0 Å². The molecule has 1 nitrogen and oxygen atoms in total. The number of unbranched alkanes of at least 4 members (excludes halogenated alkanes) is 1. The molecule has 0 aliphatic rings. The molecule has 0 bridgehead atoms. The zero-order valence-corrected chi connectivity index (χ0v) is 12.2. The summed E-state index contributed by atoms with van der Waals surface area (Å²) >= 11 is 0. The summed E-state index contributed by atoms with van der Waals surface area (Å²) in [7, 11) is 0. The van der Waals surface area contributed by atoms with Crippen molar-refractivity contribution in [3.8, 4) is 0 Å². The molecule has 0 N–H and O–H groups in total. The SMILES string of the molecule is CCCCC(/C=C/C(C)=O)(CC)CC=C(C)C. The monoisotopic (exact) mass is 236 g/mol. The van der Waals surface area contributed by atoms with Gasteiger partial charge in [-0.3, -0.25) is 4.79 Å². The van der Waals surface area contributed by atoms with Crippen LogP contribution in [0.2, 0.25) is 0 Å². The van der Waals surface area contributed by atoms with Crippen molar-refractivity contribution < 1.29 is 4.79 Å². The molecule has 0 aliphatic heterocycles. The van der Waals surface area contributed by atoms with E-state index in [9.17, 15) is 4.79 Å². The number of ketones is 1. The normalized spacial score (nSPS) is 14.6.